The molecule has 2 atom stereocenters. The molecule has 1 rings (SSSR count). The van der Waals surface area contributed by atoms with Crippen LogP contribution in [0.25, 0.3) is 0 Å². The molecule has 2 unspecified atom stereocenters. The molecule has 4 heteroatoms. The van der Waals surface area contributed by atoms with Gasteiger partial charge in [0.2, 0.25) is 0 Å². The lowest BCUT2D eigenvalue weighted by molar-refractivity contribution is -0.100. The van der Waals surface area contributed by atoms with E-state index in [1.165, 1.54) is 0 Å². The summed E-state index contributed by atoms with van der Waals surface area (Å²) in [5.74, 6) is 0. The van der Waals surface area contributed by atoms with Crippen molar-refractivity contribution in [2.24, 2.45) is 0 Å². The predicted octanol–water partition coefficient (Wildman–Crippen LogP) is -0.283. The molecule has 0 aliphatic carbocycles. The van der Waals surface area contributed by atoms with Crippen molar-refractivity contribution in [3.63, 3.8) is 0 Å². The van der Waals surface area contributed by atoms with Crippen LogP contribution in [0.3, 0.4) is 0 Å². The Morgan fingerprint density at radius 3 is 2.62 bits per heavy atom. The molecule has 1 fully saturated rings. The van der Waals surface area contributed by atoms with Crippen LogP contribution in [-0.2, 0) is 0 Å². The van der Waals surface area contributed by atoms with Gasteiger partial charge in [0, 0.05) is 12.6 Å². The first-order valence-corrected chi connectivity index (χ1v) is 5.06. The van der Waals surface area contributed by atoms with E-state index in [1.54, 1.807) is 0 Å². The molecule has 13 heavy (non-hydrogen) atoms. The summed E-state index contributed by atoms with van der Waals surface area (Å²) in [4.78, 5) is 2.12. The molecular formula is C9H20N2O2. The van der Waals surface area contributed by atoms with Crippen LogP contribution in [0.1, 0.15) is 26.7 Å². The van der Waals surface area contributed by atoms with Crippen molar-refractivity contribution in [3.8, 4) is 0 Å². The molecule has 1 heterocycles. The van der Waals surface area contributed by atoms with Crippen molar-refractivity contribution in [1.82, 2.24) is 10.2 Å². The standard InChI is InChI=1S/C9H20N2O2/c1-3-5-7-6-10-8(9(12)13)11(7)4-2/h7-10,12-13H,3-6H2,1-2H3. The van der Waals surface area contributed by atoms with Crippen LogP contribution in [0.15, 0.2) is 0 Å². The fraction of sp³-hybridized carbons (Fsp3) is 1.00. The Morgan fingerprint density at radius 2 is 2.15 bits per heavy atom. The highest BCUT2D eigenvalue weighted by atomic mass is 16.5. The van der Waals surface area contributed by atoms with Crippen LogP contribution in [-0.4, -0.2) is 46.7 Å². The van der Waals surface area contributed by atoms with Gasteiger partial charge in [0.15, 0.2) is 6.29 Å². The average Bonchev–Trinajstić information content (AvgIpc) is 2.48. The van der Waals surface area contributed by atoms with Crippen molar-refractivity contribution in [3.05, 3.63) is 0 Å². The van der Waals surface area contributed by atoms with E-state index in [-0.39, 0.29) is 6.17 Å². The maximum atomic E-state index is 9.09. The van der Waals surface area contributed by atoms with E-state index in [0.29, 0.717) is 6.04 Å². The monoisotopic (exact) mass is 188 g/mol. The topological polar surface area (TPSA) is 55.7 Å². The first-order valence-electron chi connectivity index (χ1n) is 5.06. The van der Waals surface area contributed by atoms with E-state index in [1.807, 2.05) is 6.92 Å². The molecule has 1 saturated heterocycles. The van der Waals surface area contributed by atoms with Gasteiger partial charge < -0.3 is 10.2 Å². The number of hydrogen-bond acceptors (Lipinski definition) is 4. The fourth-order valence-corrected chi connectivity index (χ4v) is 2.05. The van der Waals surface area contributed by atoms with Gasteiger partial charge in [-0.15, -0.1) is 0 Å². The molecular weight excluding hydrogens is 168 g/mol. The summed E-state index contributed by atoms with van der Waals surface area (Å²) in [5, 5.41) is 21.3. The lowest BCUT2D eigenvalue weighted by Crippen LogP contribution is -2.46. The second-order valence-corrected chi connectivity index (χ2v) is 3.54. The lowest BCUT2D eigenvalue weighted by atomic mass is 10.1. The normalized spacial score (nSPS) is 30.2. The molecule has 4 nitrogen and oxygen atoms in total. The molecule has 0 aromatic rings. The molecule has 0 amide bonds. The Balaban J connectivity index is 2.52. The Bertz CT molecular complexity index is 153. The molecule has 0 saturated carbocycles. The summed E-state index contributed by atoms with van der Waals surface area (Å²) in [6.45, 7) is 5.92. The van der Waals surface area contributed by atoms with E-state index in [4.69, 9.17) is 10.2 Å². The van der Waals surface area contributed by atoms with E-state index < -0.39 is 6.29 Å². The number of likely N-dealkylation sites (N-methyl/N-ethyl adjacent to an activating group) is 1. The molecule has 0 spiro atoms. The van der Waals surface area contributed by atoms with Gasteiger partial charge in [-0.1, -0.05) is 20.3 Å². The minimum absolute atomic E-state index is 0.276. The van der Waals surface area contributed by atoms with Crippen LogP contribution in [0.2, 0.25) is 0 Å². The summed E-state index contributed by atoms with van der Waals surface area (Å²) in [6.07, 6.45) is 0.699. The minimum Gasteiger partial charge on any atom is -0.366 e. The van der Waals surface area contributed by atoms with Crippen molar-refractivity contribution in [1.29, 1.82) is 0 Å². The lowest BCUT2D eigenvalue weighted by Gasteiger charge is -2.28. The molecule has 0 aromatic heterocycles. The van der Waals surface area contributed by atoms with E-state index >= 15 is 0 Å². The number of nitrogens with zero attached hydrogens (tertiary/aromatic N) is 1. The van der Waals surface area contributed by atoms with Crippen molar-refractivity contribution < 1.29 is 10.2 Å². The van der Waals surface area contributed by atoms with Gasteiger partial charge in [-0.3, -0.25) is 10.2 Å². The maximum Gasteiger partial charge on any atom is 0.181 e. The maximum absolute atomic E-state index is 9.09. The predicted molar refractivity (Wildman–Crippen MR) is 51.1 cm³/mol. The first-order chi connectivity index (χ1) is 6.20. The Kier molecular flexibility index (Phi) is 4.12. The van der Waals surface area contributed by atoms with E-state index in [2.05, 4.69) is 17.1 Å². The van der Waals surface area contributed by atoms with Gasteiger partial charge in [0.05, 0.1) is 0 Å². The third-order valence-electron chi connectivity index (χ3n) is 2.66. The van der Waals surface area contributed by atoms with Crippen LogP contribution in [0.4, 0.5) is 0 Å². The van der Waals surface area contributed by atoms with Gasteiger partial charge in [-0.2, -0.15) is 0 Å². The molecule has 0 radical (unpaired) electrons. The van der Waals surface area contributed by atoms with Crippen LogP contribution in [0, 0.1) is 0 Å². The average molecular weight is 188 g/mol. The highest BCUT2D eigenvalue weighted by Crippen LogP contribution is 2.16. The Hall–Kier alpha value is -0.160. The van der Waals surface area contributed by atoms with Crippen LogP contribution >= 0.6 is 0 Å². The van der Waals surface area contributed by atoms with Gasteiger partial charge in [-0.05, 0) is 13.0 Å². The SMILES string of the molecule is CCCC1CNC(C(O)O)N1CC. The van der Waals surface area contributed by atoms with E-state index in [9.17, 15) is 0 Å². The van der Waals surface area contributed by atoms with Gasteiger partial charge in [-0.25, -0.2) is 0 Å². The number of aliphatic hydroxyl groups excluding tert-OH is 1. The van der Waals surface area contributed by atoms with Crippen molar-refractivity contribution in [2.75, 3.05) is 13.1 Å². The fourth-order valence-electron chi connectivity index (χ4n) is 2.05. The molecule has 1 aliphatic heterocycles. The smallest absolute Gasteiger partial charge is 0.181 e. The number of aliphatic hydroxyl groups is 2. The second-order valence-electron chi connectivity index (χ2n) is 3.54. The highest BCUT2D eigenvalue weighted by Gasteiger charge is 2.34. The Morgan fingerprint density at radius 1 is 1.46 bits per heavy atom. The third kappa shape index (κ3) is 2.40. The summed E-state index contributed by atoms with van der Waals surface area (Å²) in [7, 11) is 0. The second kappa shape index (κ2) is 4.91. The Labute approximate surface area is 79.6 Å². The highest BCUT2D eigenvalue weighted by molar-refractivity contribution is 4.87. The minimum atomic E-state index is -1.28. The number of rotatable bonds is 4. The summed E-state index contributed by atoms with van der Waals surface area (Å²) in [5.41, 5.74) is 0. The quantitative estimate of drug-likeness (QED) is 0.531. The van der Waals surface area contributed by atoms with Gasteiger partial charge in [0.25, 0.3) is 0 Å². The molecule has 0 bridgehead atoms. The largest absolute Gasteiger partial charge is 0.366 e. The number of nitrogens with one attached hydrogen (secondary N) is 1. The van der Waals surface area contributed by atoms with E-state index in [0.717, 1.165) is 25.9 Å². The zero-order valence-corrected chi connectivity index (χ0v) is 8.40. The van der Waals surface area contributed by atoms with Crippen LogP contribution < -0.4 is 5.32 Å². The molecule has 78 valence electrons. The molecule has 3 N–H and O–H groups in total. The third-order valence-corrected chi connectivity index (χ3v) is 2.66. The van der Waals surface area contributed by atoms with Crippen LogP contribution in [0.5, 0.6) is 0 Å². The summed E-state index contributed by atoms with van der Waals surface area (Å²) < 4.78 is 0. The number of hydrogen-bond donors (Lipinski definition) is 3. The summed E-state index contributed by atoms with van der Waals surface area (Å²) in [6, 6.07) is 0.460. The zero-order chi connectivity index (χ0) is 9.84. The zero-order valence-electron chi connectivity index (χ0n) is 8.40. The van der Waals surface area contributed by atoms with Gasteiger partial charge in [0.1, 0.15) is 6.17 Å². The first kappa shape index (κ1) is 10.9. The summed E-state index contributed by atoms with van der Waals surface area (Å²) >= 11 is 0. The molecule has 1 aliphatic rings. The van der Waals surface area contributed by atoms with Crippen molar-refractivity contribution in [2.45, 2.75) is 45.2 Å². The molecule has 0 aromatic carbocycles. The van der Waals surface area contributed by atoms with Crippen molar-refractivity contribution >= 4 is 0 Å². The van der Waals surface area contributed by atoms with Gasteiger partial charge >= 0.3 is 0 Å².